The smallest absolute Gasteiger partial charge is 0.416 e. The summed E-state index contributed by atoms with van der Waals surface area (Å²) >= 11 is 0. The summed E-state index contributed by atoms with van der Waals surface area (Å²) in [5.74, 6) is -1.18. The van der Waals surface area contributed by atoms with Crippen molar-refractivity contribution in [3.63, 3.8) is 0 Å². The quantitative estimate of drug-likeness (QED) is 0.464. The van der Waals surface area contributed by atoms with Crippen LogP contribution < -0.4 is 0 Å². The Kier molecular flexibility index (Phi) is 4.67. The maximum absolute atomic E-state index is 15.1. The van der Waals surface area contributed by atoms with E-state index in [0.29, 0.717) is 12.8 Å². The van der Waals surface area contributed by atoms with Crippen LogP contribution in [-0.2, 0) is 26.9 Å². The van der Waals surface area contributed by atoms with Crippen molar-refractivity contribution in [2.45, 2.75) is 61.5 Å². The number of morpholine rings is 1. The van der Waals surface area contributed by atoms with Crippen LogP contribution in [0.5, 0.6) is 0 Å². The van der Waals surface area contributed by atoms with Crippen LogP contribution >= 0.6 is 0 Å². The minimum Gasteiger partial charge on any atom is -0.460 e. The number of aliphatic hydroxyl groups excluding tert-OH is 1. The number of fused-ring (bicyclic) bond motifs is 5. The van der Waals surface area contributed by atoms with Gasteiger partial charge in [-0.3, -0.25) is 4.90 Å². The third-order valence-corrected chi connectivity index (χ3v) is 6.03. The van der Waals surface area contributed by atoms with E-state index >= 15 is 4.39 Å². The van der Waals surface area contributed by atoms with E-state index in [1.54, 1.807) is 0 Å². The van der Waals surface area contributed by atoms with Gasteiger partial charge in [0, 0.05) is 31.3 Å². The molecule has 2 unspecified atom stereocenters. The first-order valence-corrected chi connectivity index (χ1v) is 9.17. The summed E-state index contributed by atoms with van der Waals surface area (Å²) in [5, 5.41) is 9.45. The molecule has 3 aliphatic rings. The molecule has 6 atom stereocenters. The van der Waals surface area contributed by atoms with E-state index in [-0.39, 0.29) is 29.9 Å². The average molecular weight is 403 g/mol. The number of carbonyl (C=O) groups is 1. The van der Waals surface area contributed by atoms with E-state index in [1.165, 1.54) is 0 Å². The molecule has 2 bridgehead atoms. The number of aliphatic hydroxyl groups is 1. The van der Waals surface area contributed by atoms with Crippen molar-refractivity contribution in [2.75, 3.05) is 13.7 Å². The number of hydrogen-bond donors (Lipinski definition) is 1. The summed E-state index contributed by atoms with van der Waals surface area (Å²) in [6.45, 7) is -1.11. The zero-order chi connectivity index (χ0) is 20.3. The number of halogens is 4. The monoisotopic (exact) mass is 403 g/mol. The lowest BCUT2D eigenvalue weighted by Crippen LogP contribution is -2.50. The summed E-state index contributed by atoms with van der Waals surface area (Å²) in [5.41, 5.74) is -3.41. The molecule has 0 aliphatic carbocycles. The van der Waals surface area contributed by atoms with Gasteiger partial charge in [0.2, 0.25) is 5.67 Å². The second kappa shape index (κ2) is 6.67. The lowest BCUT2D eigenvalue weighted by atomic mass is 9.95. The van der Waals surface area contributed by atoms with Gasteiger partial charge in [-0.25, -0.2) is 9.18 Å². The molecule has 0 radical (unpaired) electrons. The van der Waals surface area contributed by atoms with Gasteiger partial charge < -0.3 is 14.6 Å². The fourth-order valence-corrected chi connectivity index (χ4v) is 4.38. The van der Waals surface area contributed by atoms with Gasteiger partial charge in [-0.05, 0) is 24.7 Å². The van der Waals surface area contributed by atoms with Crippen LogP contribution in [0.25, 0.3) is 0 Å². The molecule has 0 spiro atoms. The van der Waals surface area contributed by atoms with Crippen molar-refractivity contribution in [1.82, 2.24) is 4.90 Å². The zero-order valence-electron chi connectivity index (χ0n) is 15.2. The Bertz CT molecular complexity index is 737. The van der Waals surface area contributed by atoms with E-state index in [9.17, 15) is 23.1 Å². The molecule has 3 aliphatic heterocycles. The second-order valence-corrected chi connectivity index (χ2v) is 7.86. The number of piperidine rings is 1. The normalized spacial score (nSPS) is 33.9. The van der Waals surface area contributed by atoms with Gasteiger partial charge in [0.25, 0.3) is 0 Å². The van der Waals surface area contributed by atoms with E-state index in [2.05, 4.69) is 4.90 Å². The van der Waals surface area contributed by atoms with Gasteiger partial charge in [0.15, 0.2) is 0 Å². The Hall–Kier alpha value is -1.71. The first-order valence-electron chi connectivity index (χ1n) is 9.17. The van der Waals surface area contributed by atoms with Crippen LogP contribution in [0.1, 0.15) is 24.0 Å². The maximum atomic E-state index is 15.1. The second-order valence-electron chi connectivity index (χ2n) is 7.86. The molecule has 1 aromatic carbocycles. The molecular formula is C19H21F4NO4. The van der Waals surface area contributed by atoms with Crippen molar-refractivity contribution in [1.29, 1.82) is 0 Å². The molecule has 4 rings (SSSR count). The Labute approximate surface area is 159 Å². The highest BCUT2D eigenvalue weighted by Gasteiger charge is 2.63. The van der Waals surface area contributed by atoms with Crippen molar-refractivity contribution in [3.05, 3.63) is 35.4 Å². The molecule has 28 heavy (non-hydrogen) atoms. The minimum atomic E-state index is -4.50. The Balaban J connectivity index is 1.40. The number of alkyl halides is 4. The molecule has 5 nitrogen and oxygen atoms in total. The van der Waals surface area contributed by atoms with Crippen LogP contribution in [-0.4, -0.2) is 65.7 Å². The standard InChI is InChI=1S/C19H21F4NO4/c1-24-13-6-12(7-14(24)16-15(13)28-16)27-17(26)18(20,9-25)8-10-2-4-11(5-3-10)19(21,22)23/h2-5,12-16,25H,6-9H2,1H3/t12?,13-,14+,15-,16+,18?. The lowest BCUT2D eigenvalue weighted by Gasteiger charge is -2.38. The maximum Gasteiger partial charge on any atom is 0.416 e. The summed E-state index contributed by atoms with van der Waals surface area (Å²) in [4.78, 5) is 14.6. The highest BCUT2D eigenvalue weighted by atomic mass is 19.4. The number of benzene rings is 1. The third kappa shape index (κ3) is 3.40. The van der Waals surface area contributed by atoms with Gasteiger partial charge in [-0.1, -0.05) is 12.1 Å². The summed E-state index contributed by atoms with van der Waals surface area (Å²) < 4.78 is 63.9. The number of epoxide rings is 1. The number of nitrogens with zero attached hydrogens (tertiary/aromatic N) is 1. The number of carbonyl (C=O) groups excluding carboxylic acids is 1. The van der Waals surface area contributed by atoms with Crippen molar-refractivity contribution in [2.24, 2.45) is 0 Å². The molecule has 9 heteroatoms. The van der Waals surface area contributed by atoms with Gasteiger partial charge in [0.1, 0.15) is 18.3 Å². The molecule has 0 saturated carbocycles. The molecule has 154 valence electrons. The fraction of sp³-hybridized carbons (Fsp3) is 0.632. The third-order valence-electron chi connectivity index (χ3n) is 6.03. The Morgan fingerprint density at radius 2 is 1.75 bits per heavy atom. The van der Waals surface area contributed by atoms with Crippen molar-refractivity contribution >= 4 is 5.97 Å². The largest absolute Gasteiger partial charge is 0.460 e. The molecule has 0 amide bonds. The van der Waals surface area contributed by atoms with Crippen LogP contribution in [0.2, 0.25) is 0 Å². The van der Waals surface area contributed by atoms with Gasteiger partial charge in [-0.15, -0.1) is 0 Å². The van der Waals surface area contributed by atoms with Gasteiger partial charge in [-0.2, -0.15) is 13.2 Å². The van der Waals surface area contributed by atoms with Crippen molar-refractivity contribution in [3.8, 4) is 0 Å². The highest BCUT2D eigenvalue weighted by Crippen LogP contribution is 2.48. The van der Waals surface area contributed by atoms with E-state index in [1.807, 2.05) is 7.05 Å². The molecule has 3 saturated heterocycles. The van der Waals surface area contributed by atoms with Crippen molar-refractivity contribution < 1.29 is 36.9 Å². The number of hydrogen-bond acceptors (Lipinski definition) is 5. The Morgan fingerprint density at radius 3 is 2.25 bits per heavy atom. The van der Waals surface area contributed by atoms with Gasteiger partial charge in [0.05, 0.1) is 12.2 Å². The minimum absolute atomic E-state index is 0.125. The summed E-state index contributed by atoms with van der Waals surface area (Å²) in [6.07, 6.45) is -4.20. The molecule has 1 aromatic rings. The Morgan fingerprint density at radius 1 is 1.18 bits per heavy atom. The predicted molar refractivity (Wildman–Crippen MR) is 89.2 cm³/mol. The number of esters is 1. The van der Waals surface area contributed by atoms with E-state index < -0.39 is 42.5 Å². The molecule has 3 fully saturated rings. The molecule has 3 heterocycles. The first kappa shape index (κ1) is 19.6. The predicted octanol–water partition coefficient (Wildman–Crippen LogP) is 2.10. The van der Waals surface area contributed by atoms with Gasteiger partial charge >= 0.3 is 12.1 Å². The van der Waals surface area contributed by atoms with E-state index in [0.717, 1.165) is 24.3 Å². The number of likely N-dealkylation sites (N-methyl/N-ethyl adjacent to an activating group) is 1. The summed E-state index contributed by atoms with van der Waals surface area (Å²) in [6, 6.07) is 4.08. The van der Waals surface area contributed by atoms with E-state index in [4.69, 9.17) is 9.47 Å². The van der Waals surface area contributed by atoms with Crippen LogP contribution in [0.4, 0.5) is 17.6 Å². The topological polar surface area (TPSA) is 62.3 Å². The fourth-order valence-electron chi connectivity index (χ4n) is 4.38. The van der Waals surface area contributed by atoms with Crippen LogP contribution in [0, 0.1) is 0 Å². The van der Waals surface area contributed by atoms with Crippen LogP contribution in [0.15, 0.2) is 24.3 Å². The molecule has 0 aromatic heterocycles. The zero-order valence-corrected chi connectivity index (χ0v) is 15.2. The average Bonchev–Trinajstić information content (AvgIpc) is 3.39. The number of rotatable bonds is 5. The first-order chi connectivity index (χ1) is 13.1. The highest BCUT2D eigenvalue weighted by molar-refractivity contribution is 5.80. The SMILES string of the molecule is CN1[C@@H]2CC(OC(=O)C(F)(CO)Cc3ccc(C(F)(F)F)cc3)C[C@H]1[C@@H]1O[C@@H]12. The van der Waals surface area contributed by atoms with Crippen LogP contribution in [0.3, 0.4) is 0 Å². The lowest BCUT2D eigenvalue weighted by molar-refractivity contribution is -0.170. The molecule has 1 N–H and O–H groups in total. The number of ether oxygens (including phenoxy) is 2. The summed E-state index contributed by atoms with van der Waals surface area (Å²) in [7, 11) is 1.99. The molecular weight excluding hydrogens is 382 g/mol.